The van der Waals surface area contributed by atoms with Gasteiger partial charge in [0.1, 0.15) is 5.75 Å². The van der Waals surface area contributed by atoms with Crippen molar-refractivity contribution >= 4 is 29.9 Å². The second-order valence-electron chi connectivity index (χ2n) is 7.23. The van der Waals surface area contributed by atoms with Crippen LogP contribution in [0.2, 0.25) is 0 Å². The van der Waals surface area contributed by atoms with E-state index in [-0.39, 0.29) is 41.8 Å². The molecule has 0 bridgehead atoms. The molecule has 0 saturated carbocycles. The van der Waals surface area contributed by atoms with E-state index in [0.717, 1.165) is 51.9 Å². The van der Waals surface area contributed by atoms with Crippen molar-refractivity contribution in [2.45, 2.75) is 32.1 Å². The highest BCUT2D eigenvalue weighted by molar-refractivity contribution is 14.0. The van der Waals surface area contributed by atoms with Gasteiger partial charge in [0.25, 0.3) is 0 Å². The van der Waals surface area contributed by atoms with Crippen molar-refractivity contribution in [3.8, 4) is 5.75 Å². The Kier molecular flexibility index (Phi) is 9.48. The van der Waals surface area contributed by atoms with E-state index in [1.54, 1.807) is 0 Å². The van der Waals surface area contributed by atoms with Crippen LogP contribution in [0.1, 0.15) is 24.5 Å². The minimum absolute atomic E-state index is 0. The molecule has 2 aliphatic heterocycles. The van der Waals surface area contributed by atoms with Gasteiger partial charge in [-0.3, -0.25) is 4.90 Å². The summed E-state index contributed by atoms with van der Waals surface area (Å²) < 4.78 is 50.7. The van der Waals surface area contributed by atoms with Crippen molar-refractivity contribution in [1.29, 1.82) is 0 Å². The van der Waals surface area contributed by atoms with Gasteiger partial charge in [-0.1, -0.05) is 6.07 Å². The monoisotopic (exact) mass is 542 g/mol. The van der Waals surface area contributed by atoms with Gasteiger partial charge in [0.15, 0.2) is 5.96 Å². The fourth-order valence-electron chi connectivity index (χ4n) is 3.85. The number of hydrogen-bond acceptors (Lipinski definition) is 4. The number of alkyl halides is 3. The SMILES string of the molecule is CCNC(=NCc1ccc(OC)cc1C(F)(F)F)N1CCC(N2CCOCC2)C1.I. The van der Waals surface area contributed by atoms with Crippen LogP contribution in [0.5, 0.6) is 5.75 Å². The first-order valence-corrected chi connectivity index (χ1v) is 10.0. The molecule has 0 aromatic heterocycles. The van der Waals surface area contributed by atoms with Crippen LogP contribution in [-0.4, -0.2) is 74.8 Å². The predicted molar refractivity (Wildman–Crippen MR) is 121 cm³/mol. The fourth-order valence-corrected chi connectivity index (χ4v) is 3.85. The zero-order valence-corrected chi connectivity index (χ0v) is 19.7. The molecule has 0 amide bonds. The lowest BCUT2D eigenvalue weighted by Gasteiger charge is -2.32. The van der Waals surface area contributed by atoms with Crippen LogP contribution < -0.4 is 10.1 Å². The standard InChI is InChI=1S/C20H29F3N4O2.HI/c1-3-24-19(27-7-6-16(14-27)26-8-10-29-11-9-26)25-13-15-4-5-17(28-2)12-18(15)20(21,22)23;/h4-5,12,16H,3,6-11,13-14H2,1-2H3,(H,24,25);1H. The number of hydrogen-bond donors (Lipinski definition) is 1. The molecule has 1 unspecified atom stereocenters. The third kappa shape index (κ3) is 6.36. The quantitative estimate of drug-likeness (QED) is 0.352. The lowest BCUT2D eigenvalue weighted by atomic mass is 10.1. The molecule has 3 rings (SSSR count). The molecule has 10 heteroatoms. The lowest BCUT2D eigenvalue weighted by molar-refractivity contribution is -0.138. The molecule has 2 heterocycles. The maximum atomic E-state index is 13.4. The van der Waals surface area contributed by atoms with Crippen molar-refractivity contribution in [3.05, 3.63) is 29.3 Å². The Hall–Kier alpha value is -1.27. The van der Waals surface area contributed by atoms with Gasteiger partial charge < -0.3 is 19.7 Å². The number of morpholine rings is 1. The van der Waals surface area contributed by atoms with E-state index in [9.17, 15) is 13.2 Å². The molecular formula is C20H30F3IN4O2. The first-order chi connectivity index (χ1) is 13.9. The largest absolute Gasteiger partial charge is 0.497 e. The average Bonchev–Trinajstić information content (AvgIpc) is 3.21. The van der Waals surface area contributed by atoms with Crippen molar-refractivity contribution in [2.75, 3.05) is 53.0 Å². The highest BCUT2D eigenvalue weighted by Gasteiger charge is 2.34. The molecule has 30 heavy (non-hydrogen) atoms. The summed E-state index contributed by atoms with van der Waals surface area (Å²) in [6.07, 6.45) is -3.44. The number of likely N-dealkylation sites (tertiary alicyclic amines) is 1. The highest BCUT2D eigenvalue weighted by Crippen LogP contribution is 2.34. The summed E-state index contributed by atoms with van der Waals surface area (Å²) in [6, 6.07) is 4.43. The topological polar surface area (TPSA) is 49.3 Å². The molecular weight excluding hydrogens is 512 g/mol. The van der Waals surface area contributed by atoms with Crippen LogP contribution in [0, 0.1) is 0 Å². The molecule has 2 saturated heterocycles. The maximum absolute atomic E-state index is 13.4. The minimum atomic E-state index is -4.45. The molecule has 1 aromatic rings. The Morgan fingerprint density at radius 3 is 2.63 bits per heavy atom. The van der Waals surface area contributed by atoms with E-state index in [4.69, 9.17) is 9.47 Å². The normalized spacial score (nSPS) is 20.8. The molecule has 1 atom stereocenters. The summed E-state index contributed by atoms with van der Waals surface area (Å²) in [4.78, 5) is 9.09. The van der Waals surface area contributed by atoms with Gasteiger partial charge in [-0.15, -0.1) is 24.0 Å². The average molecular weight is 542 g/mol. The molecule has 170 valence electrons. The van der Waals surface area contributed by atoms with E-state index < -0.39 is 11.7 Å². The minimum Gasteiger partial charge on any atom is -0.497 e. The third-order valence-corrected chi connectivity index (χ3v) is 5.38. The number of nitrogens with one attached hydrogen (secondary N) is 1. The number of benzene rings is 1. The van der Waals surface area contributed by atoms with Crippen LogP contribution in [-0.2, 0) is 17.5 Å². The van der Waals surface area contributed by atoms with E-state index in [1.807, 2.05) is 6.92 Å². The molecule has 2 aliphatic rings. The van der Waals surface area contributed by atoms with Crippen LogP contribution >= 0.6 is 24.0 Å². The molecule has 1 aromatic carbocycles. The van der Waals surface area contributed by atoms with Crippen LogP contribution in [0.15, 0.2) is 23.2 Å². The molecule has 0 aliphatic carbocycles. The summed E-state index contributed by atoms with van der Waals surface area (Å²) in [5, 5.41) is 3.23. The number of rotatable bonds is 5. The molecule has 0 radical (unpaired) electrons. The van der Waals surface area contributed by atoms with Gasteiger partial charge in [0.05, 0.1) is 32.4 Å². The summed E-state index contributed by atoms with van der Waals surface area (Å²) in [5.41, 5.74) is -0.568. The van der Waals surface area contributed by atoms with E-state index >= 15 is 0 Å². The zero-order chi connectivity index (χ0) is 20.9. The second-order valence-corrected chi connectivity index (χ2v) is 7.23. The van der Waals surface area contributed by atoms with Gasteiger partial charge >= 0.3 is 6.18 Å². The summed E-state index contributed by atoms with van der Waals surface area (Å²) in [5.74, 6) is 0.844. The van der Waals surface area contributed by atoms with E-state index in [0.29, 0.717) is 18.5 Å². The Balaban J connectivity index is 0.00000320. The summed E-state index contributed by atoms with van der Waals surface area (Å²) in [7, 11) is 1.36. The van der Waals surface area contributed by atoms with Crippen molar-refractivity contribution < 1.29 is 22.6 Å². The Bertz CT molecular complexity index is 712. The summed E-state index contributed by atoms with van der Waals surface area (Å²) >= 11 is 0. The van der Waals surface area contributed by atoms with Crippen molar-refractivity contribution in [2.24, 2.45) is 4.99 Å². The van der Waals surface area contributed by atoms with E-state index in [1.165, 1.54) is 19.2 Å². The second kappa shape index (κ2) is 11.4. The first-order valence-electron chi connectivity index (χ1n) is 10.0. The van der Waals surface area contributed by atoms with Gasteiger partial charge in [-0.05, 0) is 31.0 Å². The molecule has 2 fully saturated rings. The third-order valence-electron chi connectivity index (χ3n) is 5.38. The zero-order valence-electron chi connectivity index (χ0n) is 17.4. The predicted octanol–water partition coefficient (Wildman–Crippen LogP) is 3.20. The highest BCUT2D eigenvalue weighted by atomic mass is 127. The number of ether oxygens (including phenoxy) is 2. The van der Waals surface area contributed by atoms with Crippen molar-refractivity contribution in [1.82, 2.24) is 15.1 Å². The number of aliphatic imine (C=N–C) groups is 1. The van der Waals surface area contributed by atoms with Crippen molar-refractivity contribution in [3.63, 3.8) is 0 Å². The molecule has 1 N–H and O–H groups in total. The van der Waals surface area contributed by atoms with Gasteiger partial charge in [0, 0.05) is 38.8 Å². The van der Waals surface area contributed by atoms with Crippen LogP contribution in [0.3, 0.4) is 0 Å². The lowest BCUT2D eigenvalue weighted by Crippen LogP contribution is -2.46. The van der Waals surface area contributed by atoms with E-state index in [2.05, 4.69) is 20.1 Å². The molecule has 6 nitrogen and oxygen atoms in total. The first kappa shape index (κ1) is 25.0. The number of methoxy groups -OCH3 is 1. The molecule has 0 spiro atoms. The van der Waals surface area contributed by atoms with Gasteiger partial charge in [-0.2, -0.15) is 13.2 Å². The number of halogens is 4. The number of guanidine groups is 1. The smallest absolute Gasteiger partial charge is 0.416 e. The van der Waals surface area contributed by atoms with Gasteiger partial charge in [-0.25, -0.2) is 4.99 Å². The van der Waals surface area contributed by atoms with Crippen LogP contribution in [0.4, 0.5) is 13.2 Å². The van der Waals surface area contributed by atoms with Gasteiger partial charge in [0.2, 0.25) is 0 Å². The summed E-state index contributed by atoms with van der Waals surface area (Å²) in [6.45, 7) is 7.58. The Labute approximate surface area is 192 Å². The Morgan fingerprint density at radius 2 is 2.00 bits per heavy atom. The number of nitrogens with zero attached hydrogens (tertiary/aromatic N) is 3. The fraction of sp³-hybridized carbons (Fsp3) is 0.650. The maximum Gasteiger partial charge on any atom is 0.416 e. The Morgan fingerprint density at radius 1 is 1.27 bits per heavy atom. The van der Waals surface area contributed by atoms with Crippen LogP contribution in [0.25, 0.3) is 0 Å².